The maximum absolute atomic E-state index is 12.7. The highest BCUT2D eigenvalue weighted by Gasteiger charge is 2.20. The molecule has 0 fully saturated rings. The molecule has 0 aliphatic rings. The van der Waals surface area contributed by atoms with Crippen LogP contribution < -0.4 is 0 Å². The third-order valence-electron chi connectivity index (χ3n) is 5.38. The fourth-order valence-electron chi connectivity index (χ4n) is 3.33. The van der Waals surface area contributed by atoms with Gasteiger partial charge in [-0.05, 0) is 25.0 Å². The minimum Gasteiger partial charge on any atom is -0.463 e. The van der Waals surface area contributed by atoms with Crippen LogP contribution in [0.15, 0.2) is 54.6 Å². The Labute approximate surface area is 195 Å². The van der Waals surface area contributed by atoms with Gasteiger partial charge >= 0.3 is 11.9 Å². The number of benzene rings is 2. The van der Waals surface area contributed by atoms with Crippen LogP contribution in [0.5, 0.6) is 0 Å². The molecular weight excluding hydrogens is 420 g/mol. The Bertz CT molecular complexity index is 892. The standard InChI is InChI=1S/C27H34O6/c1-3-4-5-6-10-16-25(29)32-18-24(28)19-33-27(31)20(2)22-14-11-15-23(17-22)26(30)21-12-8-7-9-13-21/h7-9,11-15,17,20,24,28H,3-6,10,16,18-19H2,1-2H3/t20?,24-/m0/s1. The fourth-order valence-corrected chi connectivity index (χ4v) is 3.33. The van der Waals surface area contributed by atoms with Crippen LogP contribution in [0.4, 0.5) is 0 Å². The first-order valence-electron chi connectivity index (χ1n) is 11.6. The molecule has 1 N–H and O–H groups in total. The highest BCUT2D eigenvalue weighted by Crippen LogP contribution is 2.20. The first-order chi connectivity index (χ1) is 15.9. The van der Waals surface area contributed by atoms with Crippen molar-refractivity contribution in [2.24, 2.45) is 0 Å². The molecule has 0 aliphatic carbocycles. The van der Waals surface area contributed by atoms with Gasteiger partial charge in [0.1, 0.15) is 19.3 Å². The Morgan fingerprint density at radius 1 is 0.848 bits per heavy atom. The second kappa shape index (κ2) is 14.2. The van der Waals surface area contributed by atoms with Crippen molar-refractivity contribution in [1.29, 1.82) is 0 Å². The average Bonchev–Trinajstić information content (AvgIpc) is 2.85. The number of carbonyl (C=O) groups excluding carboxylic acids is 3. The van der Waals surface area contributed by atoms with Crippen molar-refractivity contribution < 1.29 is 29.0 Å². The molecule has 2 aromatic rings. The van der Waals surface area contributed by atoms with Crippen LogP contribution in [-0.2, 0) is 19.1 Å². The highest BCUT2D eigenvalue weighted by atomic mass is 16.6. The largest absolute Gasteiger partial charge is 0.463 e. The smallest absolute Gasteiger partial charge is 0.313 e. The summed E-state index contributed by atoms with van der Waals surface area (Å²) in [6, 6.07) is 15.8. The summed E-state index contributed by atoms with van der Waals surface area (Å²) in [6.07, 6.45) is 4.40. The van der Waals surface area contributed by atoms with Gasteiger partial charge in [-0.2, -0.15) is 0 Å². The Hall–Kier alpha value is -2.99. The summed E-state index contributed by atoms with van der Waals surface area (Å²) < 4.78 is 10.3. The number of aliphatic hydroxyl groups excluding tert-OH is 1. The van der Waals surface area contributed by atoms with Crippen LogP contribution >= 0.6 is 0 Å². The van der Waals surface area contributed by atoms with E-state index in [4.69, 9.17) is 9.47 Å². The average molecular weight is 455 g/mol. The van der Waals surface area contributed by atoms with Crippen molar-refractivity contribution >= 4 is 17.7 Å². The Morgan fingerprint density at radius 2 is 1.52 bits per heavy atom. The molecule has 0 heterocycles. The van der Waals surface area contributed by atoms with Crippen molar-refractivity contribution in [3.8, 4) is 0 Å². The maximum atomic E-state index is 12.7. The zero-order valence-corrected chi connectivity index (χ0v) is 19.5. The minimum absolute atomic E-state index is 0.124. The van der Waals surface area contributed by atoms with Crippen molar-refractivity contribution in [3.05, 3.63) is 71.3 Å². The maximum Gasteiger partial charge on any atom is 0.313 e. The molecule has 33 heavy (non-hydrogen) atoms. The lowest BCUT2D eigenvalue weighted by Crippen LogP contribution is -2.26. The summed E-state index contributed by atoms with van der Waals surface area (Å²) in [5, 5.41) is 9.98. The number of carbonyl (C=O) groups is 3. The van der Waals surface area contributed by atoms with Gasteiger partial charge in [-0.15, -0.1) is 0 Å². The normalized spacial score (nSPS) is 12.6. The lowest BCUT2D eigenvalue weighted by Gasteiger charge is -2.15. The molecule has 6 nitrogen and oxygen atoms in total. The predicted molar refractivity (Wildman–Crippen MR) is 126 cm³/mol. The van der Waals surface area contributed by atoms with Crippen LogP contribution in [0, 0.1) is 0 Å². The monoisotopic (exact) mass is 454 g/mol. The molecule has 0 aliphatic heterocycles. The van der Waals surface area contributed by atoms with E-state index in [2.05, 4.69) is 6.92 Å². The van der Waals surface area contributed by atoms with Crippen molar-refractivity contribution in [3.63, 3.8) is 0 Å². The number of ether oxygens (including phenoxy) is 2. The number of ketones is 1. The molecule has 1 unspecified atom stereocenters. The van der Waals surface area contributed by atoms with E-state index in [1.165, 1.54) is 0 Å². The lowest BCUT2D eigenvalue weighted by molar-refractivity contribution is -0.153. The first-order valence-corrected chi connectivity index (χ1v) is 11.6. The highest BCUT2D eigenvalue weighted by molar-refractivity contribution is 6.09. The molecule has 178 valence electrons. The zero-order valence-electron chi connectivity index (χ0n) is 19.5. The van der Waals surface area contributed by atoms with Gasteiger partial charge in [0.25, 0.3) is 0 Å². The van der Waals surface area contributed by atoms with E-state index in [0.29, 0.717) is 23.1 Å². The minimum atomic E-state index is -1.09. The molecule has 2 rings (SSSR count). The molecule has 0 radical (unpaired) electrons. The number of esters is 2. The Balaban J connectivity index is 1.77. The molecule has 0 spiro atoms. The van der Waals surface area contributed by atoms with Crippen molar-refractivity contribution in [1.82, 2.24) is 0 Å². The van der Waals surface area contributed by atoms with Gasteiger partial charge in [-0.1, -0.05) is 81.1 Å². The Morgan fingerprint density at radius 3 is 2.24 bits per heavy atom. The van der Waals surface area contributed by atoms with Crippen LogP contribution in [0.2, 0.25) is 0 Å². The van der Waals surface area contributed by atoms with Gasteiger partial charge in [-0.25, -0.2) is 0 Å². The van der Waals surface area contributed by atoms with E-state index < -0.39 is 18.0 Å². The number of unbranched alkanes of at least 4 members (excludes halogenated alkanes) is 4. The van der Waals surface area contributed by atoms with Crippen molar-refractivity contribution in [2.75, 3.05) is 13.2 Å². The van der Waals surface area contributed by atoms with Crippen LogP contribution in [0.3, 0.4) is 0 Å². The predicted octanol–water partition coefficient (Wildman–Crippen LogP) is 4.83. The van der Waals surface area contributed by atoms with Gasteiger partial charge in [0.05, 0.1) is 5.92 Å². The van der Waals surface area contributed by atoms with E-state index >= 15 is 0 Å². The Kier molecular flexibility index (Phi) is 11.3. The summed E-state index contributed by atoms with van der Waals surface area (Å²) in [4.78, 5) is 36.8. The van der Waals surface area contributed by atoms with E-state index in [1.807, 2.05) is 6.07 Å². The van der Waals surface area contributed by atoms with E-state index in [9.17, 15) is 19.5 Å². The van der Waals surface area contributed by atoms with Crippen molar-refractivity contribution in [2.45, 2.75) is 64.4 Å². The fraction of sp³-hybridized carbons (Fsp3) is 0.444. The molecule has 0 saturated carbocycles. The van der Waals surface area contributed by atoms with Gasteiger partial charge in [-0.3, -0.25) is 14.4 Å². The summed E-state index contributed by atoms with van der Waals surface area (Å²) in [5.41, 5.74) is 1.70. The van der Waals surface area contributed by atoms with E-state index in [-0.39, 0.29) is 25.0 Å². The third-order valence-corrected chi connectivity index (χ3v) is 5.38. The molecule has 0 aromatic heterocycles. The number of hydrogen-bond acceptors (Lipinski definition) is 6. The number of aliphatic hydroxyl groups is 1. The lowest BCUT2D eigenvalue weighted by atomic mass is 9.96. The summed E-state index contributed by atoms with van der Waals surface area (Å²) in [6.45, 7) is 3.33. The summed E-state index contributed by atoms with van der Waals surface area (Å²) in [5.74, 6) is -1.63. The third kappa shape index (κ3) is 9.18. The quantitative estimate of drug-likeness (QED) is 0.250. The number of hydrogen-bond donors (Lipinski definition) is 1. The van der Waals surface area contributed by atoms with Crippen LogP contribution in [0.1, 0.15) is 79.8 Å². The first kappa shape index (κ1) is 26.3. The molecule has 0 amide bonds. The van der Waals surface area contributed by atoms with Crippen LogP contribution in [-0.4, -0.2) is 42.1 Å². The summed E-state index contributed by atoms with van der Waals surface area (Å²) >= 11 is 0. The van der Waals surface area contributed by atoms with E-state index in [0.717, 1.165) is 32.1 Å². The number of rotatable bonds is 14. The van der Waals surface area contributed by atoms with Gasteiger partial charge < -0.3 is 14.6 Å². The topological polar surface area (TPSA) is 89.9 Å². The molecule has 6 heteroatoms. The zero-order chi connectivity index (χ0) is 24.1. The van der Waals surface area contributed by atoms with Crippen LogP contribution in [0.25, 0.3) is 0 Å². The van der Waals surface area contributed by atoms with Gasteiger partial charge in [0.15, 0.2) is 5.78 Å². The summed E-state index contributed by atoms with van der Waals surface area (Å²) in [7, 11) is 0. The van der Waals surface area contributed by atoms with E-state index in [1.54, 1.807) is 55.5 Å². The second-order valence-corrected chi connectivity index (χ2v) is 8.17. The molecule has 0 saturated heterocycles. The molecular formula is C27H34O6. The molecule has 2 aromatic carbocycles. The molecule has 0 bridgehead atoms. The van der Waals surface area contributed by atoms with Gasteiger partial charge in [0, 0.05) is 17.5 Å². The van der Waals surface area contributed by atoms with Gasteiger partial charge in [0.2, 0.25) is 0 Å². The SMILES string of the molecule is CCCCCCCC(=O)OC[C@H](O)COC(=O)C(C)c1cccc(C(=O)c2ccccc2)c1. The second-order valence-electron chi connectivity index (χ2n) is 8.17. The molecule has 2 atom stereocenters.